The molecule has 0 saturated carbocycles. The topological polar surface area (TPSA) is 103 Å². The molecule has 2 aromatic carbocycles. The van der Waals surface area contributed by atoms with Gasteiger partial charge in [-0.05, 0) is 49.6 Å². The highest BCUT2D eigenvalue weighted by molar-refractivity contribution is 5.91. The molecule has 3 N–H and O–H groups in total. The van der Waals surface area contributed by atoms with Gasteiger partial charge in [0.05, 0.1) is 16.7 Å². The number of ether oxygens (including phenoxy) is 2. The first kappa shape index (κ1) is 18.2. The third-order valence-corrected chi connectivity index (χ3v) is 5.17. The second-order valence-electron chi connectivity index (χ2n) is 6.94. The van der Waals surface area contributed by atoms with Crippen molar-refractivity contribution in [1.82, 2.24) is 15.2 Å². The average molecular weight is 378 g/mol. The maximum atomic E-state index is 12.5. The van der Waals surface area contributed by atoms with Crippen LogP contribution >= 0.6 is 0 Å². The van der Waals surface area contributed by atoms with Crippen LogP contribution in [0.4, 0.5) is 5.69 Å². The van der Waals surface area contributed by atoms with Gasteiger partial charge >= 0.3 is 5.97 Å². The number of para-hydroxylation sites is 2. The molecule has 2 heterocycles. The zero-order valence-corrected chi connectivity index (χ0v) is 15.6. The summed E-state index contributed by atoms with van der Waals surface area (Å²) in [7, 11) is 0. The molecule has 0 spiro atoms. The number of esters is 1. The van der Waals surface area contributed by atoms with E-state index in [1.807, 2.05) is 19.1 Å². The van der Waals surface area contributed by atoms with E-state index in [0.717, 1.165) is 30.1 Å². The fourth-order valence-electron chi connectivity index (χ4n) is 3.58. The summed E-state index contributed by atoms with van der Waals surface area (Å²) in [6.07, 6.45) is 1.57. The van der Waals surface area contributed by atoms with E-state index in [4.69, 9.17) is 15.2 Å². The lowest BCUT2D eigenvalue weighted by Gasteiger charge is -2.35. The molecule has 144 valence electrons. The van der Waals surface area contributed by atoms with Crippen LogP contribution in [0.15, 0.2) is 48.5 Å². The van der Waals surface area contributed by atoms with E-state index >= 15 is 0 Å². The van der Waals surface area contributed by atoms with Crippen LogP contribution in [-0.2, 0) is 10.2 Å². The van der Waals surface area contributed by atoms with Crippen LogP contribution in [0.1, 0.15) is 40.4 Å². The monoisotopic (exact) mass is 378 g/mol. The van der Waals surface area contributed by atoms with Crippen LogP contribution in [0.25, 0.3) is 0 Å². The Balaban J connectivity index is 1.60. The Kier molecular flexibility index (Phi) is 4.83. The molecule has 7 heteroatoms. The molecule has 7 nitrogen and oxygen atoms in total. The van der Waals surface area contributed by atoms with Crippen molar-refractivity contribution in [3.8, 4) is 5.75 Å². The van der Waals surface area contributed by atoms with Crippen LogP contribution in [0, 0.1) is 6.92 Å². The van der Waals surface area contributed by atoms with Crippen molar-refractivity contribution in [2.24, 2.45) is 0 Å². The van der Waals surface area contributed by atoms with Crippen LogP contribution < -0.4 is 10.5 Å². The lowest BCUT2D eigenvalue weighted by molar-refractivity contribution is 0.0605. The van der Waals surface area contributed by atoms with E-state index in [9.17, 15) is 4.79 Å². The van der Waals surface area contributed by atoms with Crippen molar-refractivity contribution in [3.63, 3.8) is 0 Å². The van der Waals surface area contributed by atoms with E-state index in [1.54, 1.807) is 36.4 Å². The molecule has 1 aliphatic rings. The summed E-state index contributed by atoms with van der Waals surface area (Å²) in [6, 6.07) is 14.4. The van der Waals surface area contributed by atoms with E-state index in [0.29, 0.717) is 30.2 Å². The minimum absolute atomic E-state index is 0.324. The third-order valence-electron chi connectivity index (χ3n) is 5.17. The summed E-state index contributed by atoms with van der Waals surface area (Å²) in [6.45, 7) is 3.17. The molecule has 0 aliphatic carbocycles. The van der Waals surface area contributed by atoms with Crippen molar-refractivity contribution in [1.29, 1.82) is 0 Å². The van der Waals surface area contributed by atoms with Crippen molar-refractivity contribution in [2.45, 2.75) is 25.2 Å². The second kappa shape index (κ2) is 7.44. The molecule has 0 amide bonds. The fourth-order valence-corrected chi connectivity index (χ4v) is 3.58. The highest BCUT2D eigenvalue weighted by atomic mass is 16.5. The van der Waals surface area contributed by atoms with E-state index < -0.39 is 5.97 Å². The van der Waals surface area contributed by atoms with Gasteiger partial charge in [-0.15, -0.1) is 0 Å². The van der Waals surface area contributed by atoms with E-state index in [-0.39, 0.29) is 5.41 Å². The van der Waals surface area contributed by atoms with Crippen molar-refractivity contribution in [2.75, 3.05) is 18.9 Å². The number of nitrogens with two attached hydrogens (primary N) is 1. The summed E-state index contributed by atoms with van der Waals surface area (Å²) in [5.74, 6) is 1.45. The van der Waals surface area contributed by atoms with Crippen LogP contribution in [0.2, 0.25) is 0 Å². The van der Waals surface area contributed by atoms with Crippen LogP contribution in [-0.4, -0.2) is 34.4 Å². The number of anilines is 1. The molecule has 1 saturated heterocycles. The van der Waals surface area contributed by atoms with Crippen LogP contribution in [0.5, 0.6) is 5.75 Å². The minimum atomic E-state index is -0.445. The first-order valence-corrected chi connectivity index (χ1v) is 9.23. The number of aromatic amines is 1. The van der Waals surface area contributed by atoms with Crippen molar-refractivity contribution in [3.05, 3.63) is 71.3 Å². The lowest BCUT2D eigenvalue weighted by atomic mass is 9.73. The highest BCUT2D eigenvalue weighted by Gasteiger charge is 2.39. The maximum absolute atomic E-state index is 12.5. The highest BCUT2D eigenvalue weighted by Crippen LogP contribution is 2.39. The van der Waals surface area contributed by atoms with E-state index in [2.05, 4.69) is 15.2 Å². The van der Waals surface area contributed by atoms with Gasteiger partial charge in [-0.2, -0.15) is 5.10 Å². The van der Waals surface area contributed by atoms with E-state index in [1.165, 1.54) is 0 Å². The predicted octanol–water partition coefficient (Wildman–Crippen LogP) is 3.01. The number of carbonyl (C=O) groups is 1. The number of benzene rings is 2. The Morgan fingerprint density at radius 2 is 1.86 bits per heavy atom. The number of aromatic nitrogens is 3. The molecule has 4 rings (SSSR count). The molecule has 0 bridgehead atoms. The standard InChI is InChI=1S/C21H22N4O3/c1-14-23-20(25-24-14)21(10-12-27-13-11-21)16-8-6-15(7-9-16)19(26)28-18-5-3-2-4-17(18)22/h2-9H,10-13,22H2,1H3,(H,23,24,25). The largest absolute Gasteiger partial charge is 0.421 e. The van der Waals surface area contributed by atoms with Gasteiger partial charge < -0.3 is 15.2 Å². The average Bonchev–Trinajstić information content (AvgIpc) is 3.17. The summed E-state index contributed by atoms with van der Waals surface area (Å²) in [5, 5.41) is 7.35. The summed E-state index contributed by atoms with van der Waals surface area (Å²) in [4.78, 5) is 17.1. The molecule has 28 heavy (non-hydrogen) atoms. The first-order chi connectivity index (χ1) is 13.6. The minimum Gasteiger partial charge on any atom is -0.421 e. The number of hydrogen-bond donors (Lipinski definition) is 2. The SMILES string of the molecule is Cc1nc(C2(c3ccc(C(=O)Oc4ccccc4N)cc3)CCOCC2)n[nH]1. The van der Waals surface area contributed by atoms with Crippen molar-refractivity contribution >= 4 is 11.7 Å². The van der Waals surface area contributed by atoms with Crippen LogP contribution in [0.3, 0.4) is 0 Å². The Morgan fingerprint density at radius 3 is 2.50 bits per heavy atom. The molecule has 1 aromatic heterocycles. The number of carbonyl (C=O) groups excluding carboxylic acids is 1. The zero-order chi connectivity index (χ0) is 19.6. The number of nitrogen functional groups attached to an aromatic ring is 1. The van der Waals surface area contributed by atoms with Gasteiger partial charge in [-0.3, -0.25) is 5.10 Å². The summed E-state index contributed by atoms with van der Waals surface area (Å²) >= 11 is 0. The summed E-state index contributed by atoms with van der Waals surface area (Å²) in [5.41, 5.74) is 7.47. The van der Waals surface area contributed by atoms with Gasteiger partial charge in [0.2, 0.25) is 0 Å². The molecule has 1 fully saturated rings. The van der Waals surface area contributed by atoms with Crippen molar-refractivity contribution < 1.29 is 14.3 Å². The number of nitrogens with one attached hydrogen (secondary N) is 1. The van der Waals surface area contributed by atoms with Gasteiger partial charge in [-0.25, -0.2) is 9.78 Å². The zero-order valence-electron chi connectivity index (χ0n) is 15.6. The molecule has 3 aromatic rings. The molecule has 1 aliphatic heterocycles. The Morgan fingerprint density at radius 1 is 1.14 bits per heavy atom. The van der Waals surface area contributed by atoms with Gasteiger partial charge in [0.1, 0.15) is 5.82 Å². The second-order valence-corrected chi connectivity index (χ2v) is 6.94. The number of nitrogens with zero attached hydrogens (tertiary/aromatic N) is 2. The summed E-state index contributed by atoms with van der Waals surface area (Å²) < 4.78 is 11.0. The number of H-pyrrole nitrogens is 1. The Bertz CT molecular complexity index is 975. The maximum Gasteiger partial charge on any atom is 0.343 e. The quantitative estimate of drug-likeness (QED) is 0.411. The molecule has 0 unspecified atom stereocenters. The number of aryl methyl sites for hydroxylation is 1. The smallest absolute Gasteiger partial charge is 0.343 e. The molecular formula is C21H22N4O3. The normalized spacial score (nSPS) is 15.9. The van der Waals surface area contributed by atoms with Gasteiger partial charge in [-0.1, -0.05) is 24.3 Å². The van der Waals surface area contributed by atoms with Gasteiger partial charge in [0, 0.05) is 13.2 Å². The lowest BCUT2D eigenvalue weighted by Crippen LogP contribution is -2.36. The van der Waals surface area contributed by atoms with Gasteiger partial charge in [0.15, 0.2) is 11.6 Å². The Hall–Kier alpha value is -3.19. The first-order valence-electron chi connectivity index (χ1n) is 9.23. The molecule has 0 radical (unpaired) electrons. The number of rotatable bonds is 4. The molecular weight excluding hydrogens is 356 g/mol. The fraction of sp³-hybridized carbons (Fsp3) is 0.286. The molecule has 0 atom stereocenters. The Labute approximate surface area is 162 Å². The predicted molar refractivity (Wildman–Crippen MR) is 104 cm³/mol. The third kappa shape index (κ3) is 3.36. The van der Waals surface area contributed by atoms with Gasteiger partial charge in [0.25, 0.3) is 0 Å². The number of hydrogen-bond acceptors (Lipinski definition) is 6.